The van der Waals surface area contributed by atoms with Gasteiger partial charge in [0.1, 0.15) is 16.9 Å². The van der Waals surface area contributed by atoms with Crippen LogP contribution in [0.1, 0.15) is 54.1 Å². The Morgan fingerprint density at radius 3 is 2.54 bits per heavy atom. The summed E-state index contributed by atoms with van der Waals surface area (Å²) in [5, 5.41) is 9.93. The first-order chi connectivity index (χ1) is 16.7. The first-order valence-electron chi connectivity index (χ1n) is 11.3. The highest BCUT2D eigenvalue weighted by Crippen LogP contribution is 2.29. The van der Waals surface area contributed by atoms with Gasteiger partial charge in [0, 0.05) is 18.1 Å². The molecule has 1 N–H and O–H groups in total. The summed E-state index contributed by atoms with van der Waals surface area (Å²) in [7, 11) is 0. The number of hydrogen-bond acceptors (Lipinski definition) is 5. The van der Waals surface area contributed by atoms with Crippen LogP contribution in [0.4, 0.5) is 4.39 Å². The van der Waals surface area contributed by atoms with Crippen molar-refractivity contribution in [2.45, 2.75) is 46.1 Å². The predicted octanol–water partition coefficient (Wildman–Crippen LogP) is 5.50. The largest absolute Gasteiger partial charge is 0.385 e. The van der Waals surface area contributed by atoms with Crippen molar-refractivity contribution in [1.82, 2.24) is 19.5 Å². The molecule has 0 fully saturated rings. The molecule has 35 heavy (non-hydrogen) atoms. The lowest BCUT2D eigenvalue weighted by Gasteiger charge is -2.19. The third-order valence-electron chi connectivity index (χ3n) is 6.00. The SMILES string of the molecule is Cc1cnc(-c2ccnc(C(C)O)n2)cc1-n1c(C)cc(C(C)Cc2ccccc2F)c(Cl)c1=O. The van der Waals surface area contributed by atoms with Gasteiger partial charge >= 0.3 is 0 Å². The third-order valence-corrected chi connectivity index (χ3v) is 6.38. The Morgan fingerprint density at radius 2 is 1.83 bits per heavy atom. The van der Waals surface area contributed by atoms with Crippen molar-refractivity contribution >= 4 is 11.6 Å². The van der Waals surface area contributed by atoms with E-state index in [2.05, 4.69) is 15.0 Å². The smallest absolute Gasteiger partial charge is 0.274 e. The van der Waals surface area contributed by atoms with Gasteiger partial charge < -0.3 is 5.11 Å². The van der Waals surface area contributed by atoms with E-state index in [-0.39, 0.29) is 28.1 Å². The van der Waals surface area contributed by atoms with Crippen LogP contribution >= 0.6 is 11.6 Å². The number of pyridine rings is 2. The van der Waals surface area contributed by atoms with E-state index in [0.717, 1.165) is 5.56 Å². The molecule has 0 aliphatic rings. The van der Waals surface area contributed by atoms with Gasteiger partial charge in [-0.3, -0.25) is 14.3 Å². The molecule has 180 valence electrons. The molecule has 0 spiro atoms. The van der Waals surface area contributed by atoms with Crippen LogP contribution in [0.3, 0.4) is 0 Å². The van der Waals surface area contributed by atoms with E-state index in [9.17, 15) is 14.3 Å². The molecule has 6 nitrogen and oxygen atoms in total. The van der Waals surface area contributed by atoms with Crippen LogP contribution < -0.4 is 5.56 Å². The Hall–Kier alpha value is -3.42. The first kappa shape index (κ1) is 24.7. The standard InChI is InChI=1S/C27H26ClFN4O2/c1-15(11-19-7-5-6-8-21(19)29)20-12-17(3)33(27(35)25(20)28)24-13-23(31-14-16(24)2)22-9-10-30-26(32-22)18(4)34/h5-10,12-15,18,34H,11H2,1-4H3. The third kappa shape index (κ3) is 5.01. The van der Waals surface area contributed by atoms with Crippen molar-refractivity contribution in [3.05, 3.63) is 104 Å². The monoisotopic (exact) mass is 492 g/mol. The summed E-state index contributed by atoms with van der Waals surface area (Å²) in [4.78, 5) is 26.4. The zero-order valence-electron chi connectivity index (χ0n) is 20.0. The highest BCUT2D eigenvalue weighted by molar-refractivity contribution is 6.31. The molecule has 2 atom stereocenters. The van der Waals surface area contributed by atoms with Gasteiger partial charge in [-0.1, -0.05) is 36.7 Å². The van der Waals surface area contributed by atoms with Crippen molar-refractivity contribution < 1.29 is 9.50 Å². The van der Waals surface area contributed by atoms with E-state index < -0.39 is 6.10 Å². The maximum atomic E-state index is 14.2. The second-order valence-electron chi connectivity index (χ2n) is 8.72. The zero-order valence-corrected chi connectivity index (χ0v) is 20.7. The van der Waals surface area contributed by atoms with Crippen LogP contribution in [0, 0.1) is 19.7 Å². The second kappa shape index (κ2) is 10.1. The molecular formula is C27H26ClFN4O2. The summed E-state index contributed by atoms with van der Waals surface area (Å²) in [6.07, 6.45) is 2.84. The zero-order chi connectivity index (χ0) is 25.3. The van der Waals surface area contributed by atoms with Crippen molar-refractivity contribution in [3.63, 3.8) is 0 Å². The normalized spacial score (nSPS) is 13.0. The quantitative estimate of drug-likeness (QED) is 0.384. The van der Waals surface area contributed by atoms with Gasteiger partial charge in [-0.25, -0.2) is 14.4 Å². The van der Waals surface area contributed by atoms with E-state index in [0.29, 0.717) is 40.3 Å². The van der Waals surface area contributed by atoms with Gasteiger partial charge in [-0.05, 0) is 74.1 Å². The molecule has 0 bridgehead atoms. The number of aliphatic hydroxyl groups is 1. The van der Waals surface area contributed by atoms with Crippen molar-refractivity contribution in [2.75, 3.05) is 0 Å². The van der Waals surface area contributed by atoms with Crippen LogP contribution in [0.25, 0.3) is 17.1 Å². The maximum Gasteiger partial charge on any atom is 0.274 e. The number of aliphatic hydroxyl groups excluding tert-OH is 1. The average Bonchev–Trinajstić information content (AvgIpc) is 2.84. The number of nitrogens with zero attached hydrogens (tertiary/aromatic N) is 4. The van der Waals surface area contributed by atoms with E-state index in [1.54, 1.807) is 54.2 Å². The van der Waals surface area contributed by atoms with Gasteiger partial charge in [0.15, 0.2) is 5.82 Å². The Kier molecular flexibility index (Phi) is 7.10. The Balaban J connectivity index is 1.76. The van der Waals surface area contributed by atoms with Crippen LogP contribution in [-0.2, 0) is 6.42 Å². The fourth-order valence-electron chi connectivity index (χ4n) is 4.11. The first-order valence-corrected chi connectivity index (χ1v) is 11.7. The van der Waals surface area contributed by atoms with Crippen LogP contribution in [0.2, 0.25) is 5.02 Å². The van der Waals surface area contributed by atoms with E-state index >= 15 is 0 Å². The van der Waals surface area contributed by atoms with Crippen molar-refractivity contribution in [2.24, 2.45) is 0 Å². The number of rotatable bonds is 6. The molecule has 1 aromatic carbocycles. The Morgan fingerprint density at radius 1 is 1.09 bits per heavy atom. The number of aromatic nitrogens is 4. The van der Waals surface area contributed by atoms with Crippen LogP contribution in [0.5, 0.6) is 0 Å². The van der Waals surface area contributed by atoms with Crippen LogP contribution in [0.15, 0.2) is 59.7 Å². The molecule has 3 heterocycles. The lowest BCUT2D eigenvalue weighted by molar-refractivity contribution is 0.189. The fraction of sp³-hybridized carbons (Fsp3) is 0.259. The summed E-state index contributed by atoms with van der Waals surface area (Å²) in [6.45, 7) is 7.23. The molecule has 8 heteroatoms. The summed E-state index contributed by atoms with van der Waals surface area (Å²) in [5.41, 5.74) is 4.08. The summed E-state index contributed by atoms with van der Waals surface area (Å²) >= 11 is 6.59. The topological polar surface area (TPSA) is 80.9 Å². The highest BCUT2D eigenvalue weighted by atomic mass is 35.5. The summed E-state index contributed by atoms with van der Waals surface area (Å²) in [6, 6.07) is 12.0. The number of halogens is 2. The second-order valence-corrected chi connectivity index (χ2v) is 9.10. The molecule has 0 amide bonds. The van der Waals surface area contributed by atoms with Crippen molar-refractivity contribution in [3.8, 4) is 17.1 Å². The number of hydrogen-bond donors (Lipinski definition) is 1. The molecule has 2 unspecified atom stereocenters. The van der Waals surface area contributed by atoms with E-state index in [4.69, 9.17) is 11.6 Å². The van der Waals surface area contributed by atoms with E-state index in [1.807, 2.05) is 26.8 Å². The summed E-state index contributed by atoms with van der Waals surface area (Å²) in [5.74, 6) is -0.144. The molecular weight excluding hydrogens is 467 g/mol. The minimum absolute atomic E-state index is 0.107. The minimum Gasteiger partial charge on any atom is -0.385 e. The predicted molar refractivity (Wildman–Crippen MR) is 134 cm³/mol. The van der Waals surface area contributed by atoms with Gasteiger partial charge in [0.2, 0.25) is 0 Å². The molecule has 3 aromatic heterocycles. The van der Waals surface area contributed by atoms with Gasteiger partial charge in [0.25, 0.3) is 5.56 Å². The molecule has 0 aliphatic carbocycles. The van der Waals surface area contributed by atoms with Crippen molar-refractivity contribution in [1.29, 1.82) is 0 Å². The lowest BCUT2D eigenvalue weighted by Crippen LogP contribution is -2.24. The molecule has 0 saturated carbocycles. The van der Waals surface area contributed by atoms with Crippen LogP contribution in [-0.4, -0.2) is 24.6 Å². The van der Waals surface area contributed by atoms with E-state index in [1.165, 1.54) is 6.07 Å². The minimum atomic E-state index is -0.817. The lowest BCUT2D eigenvalue weighted by atomic mass is 9.93. The molecule has 0 saturated heterocycles. The van der Waals surface area contributed by atoms with Gasteiger partial charge in [-0.2, -0.15) is 0 Å². The molecule has 0 aliphatic heterocycles. The Labute approximate surface area is 208 Å². The molecule has 0 radical (unpaired) electrons. The fourth-order valence-corrected chi connectivity index (χ4v) is 4.43. The highest BCUT2D eigenvalue weighted by Gasteiger charge is 2.20. The summed E-state index contributed by atoms with van der Waals surface area (Å²) < 4.78 is 15.7. The Bertz CT molecular complexity index is 1450. The van der Waals surface area contributed by atoms with Gasteiger partial charge in [0.05, 0.1) is 17.1 Å². The number of aryl methyl sites for hydroxylation is 2. The molecule has 4 rings (SSSR count). The molecule has 4 aromatic rings. The van der Waals surface area contributed by atoms with Gasteiger partial charge in [-0.15, -0.1) is 0 Å². The maximum absolute atomic E-state index is 14.2. The average molecular weight is 493 g/mol. The number of benzene rings is 1.